The highest BCUT2D eigenvalue weighted by molar-refractivity contribution is 7.11. The second-order valence-electron chi connectivity index (χ2n) is 4.09. The molecule has 0 spiro atoms. The monoisotopic (exact) mass is 224 g/mol. The predicted octanol–water partition coefficient (Wildman–Crippen LogP) is 3.38. The topological polar surface area (TPSA) is 24.9 Å². The van der Waals surface area contributed by atoms with E-state index >= 15 is 0 Å². The highest BCUT2D eigenvalue weighted by Gasteiger charge is 2.11. The zero-order valence-electron chi connectivity index (χ0n) is 10.2. The molecular formula is C12H20N2S. The van der Waals surface area contributed by atoms with Crippen LogP contribution in [0.1, 0.15) is 42.4 Å². The molecule has 0 fully saturated rings. The number of aromatic nitrogens is 1. The second-order valence-corrected chi connectivity index (χ2v) is 5.33. The molecule has 0 saturated carbocycles. The molecule has 0 bridgehead atoms. The molecule has 0 amide bonds. The van der Waals surface area contributed by atoms with E-state index in [0.29, 0.717) is 6.04 Å². The van der Waals surface area contributed by atoms with Gasteiger partial charge in [-0.1, -0.05) is 11.6 Å². The average molecular weight is 224 g/mol. The van der Waals surface area contributed by atoms with Crippen LogP contribution in [-0.4, -0.2) is 11.5 Å². The Morgan fingerprint density at radius 3 is 2.60 bits per heavy atom. The minimum absolute atomic E-state index is 0.395. The summed E-state index contributed by atoms with van der Waals surface area (Å²) < 4.78 is 0. The summed E-state index contributed by atoms with van der Waals surface area (Å²) in [5.74, 6) is 0. The van der Waals surface area contributed by atoms with Crippen LogP contribution >= 0.6 is 11.3 Å². The Balaban J connectivity index is 2.57. The zero-order valence-corrected chi connectivity index (χ0v) is 11.0. The lowest BCUT2D eigenvalue weighted by atomic mass is 10.2. The van der Waals surface area contributed by atoms with E-state index in [1.807, 2.05) is 0 Å². The molecule has 1 unspecified atom stereocenters. The summed E-state index contributed by atoms with van der Waals surface area (Å²) in [5, 5.41) is 4.63. The van der Waals surface area contributed by atoms with Gasteiger partial charge in [-0.05, 0) is 34.6 Å². The fraction of sp³-hybridized carbons (Fsp3) is 0.583. The molecule has 15 heavy (non-hydrogen) atoms. The molecule has 1 aromatic rings. The Morgan fingerprint density at radius 1 is 1.47 bits per heavy atom. The Morgan fingerprint density at radius 2 is 2.13 bits per heavy atom. The molecule has 0 aliphatic carbocycles. The van der Waals surface area contributed by atoms with Crippen molar-refractivity contribution in [1.29, 1.82) is 0 Å². The first-order chi connectivity index (χ1) is 7.00. The van der Waals surface area contributed by atoms with Crippen LogP contribution in [0.3, 0.4) is 0 Å². The largest absolute Gasteiger partial charge is 0.306 e. The maximum absolute atomic E-state index is 4.44. The first kappa shape index (κ1) is 12.4. The number of hydrogen-bond donors (Lipinski definition) is 1. The maximum Gasteiger partial charge on any atom is 0.0900 e. The van der Waals surface area contributed by atoms with Crippen molar-refractivity contribution < 1.29 is 0 Å². The van der Waals surface area contributed by atoms with Gasteiger partial charge in [0.25, 0.3) is 0 Å². The Hall–Kier alpha value is -0.670. The molecule has 1 aromatic heterocycles. The van der Waals surface area contributed by atoms with Gasteiger partial charge in [0, 0.05) is 17.5 Å². The van der Waals surface area contributed by atoms with Crippen LogP contribution < -0.4 is 5.32 Å². The molecule has 3 heteroatoms. The first-order valence-corrected chi connectivity index (χ1v) is 6.13. The van der Waals surface area contributed by atoms with Crippen molar-refractivity contribution in [3.05, 3.63) is 27.2 Å². The summed E-state index contributed by atoms with van der Waals surface area (Å²) in [7, 11) is 0. The molecule has 84 valence electrons. The van der Waals surface area contributed by atoms with Crippen LogP contribution in [0, 0.1) is 13.8 Å². The SMILES string of the molecule is CC(C)=CCNC(C)c1sc(C)nc1C. The Kier molecular flexibility index (Phi) is 4.48. The number of allylic oxidation sites excluding steroid dienone is 1. The van der Waals surface area contributed by atoms with Gasteiger partial charge < -0.3 is 5.32 Å². The van der Waals surface area contributed by atoms with Gasteiger partial charge in [0.2, 0.25) is 0 Å². The molecule has 1 atom stereocenters. The van der Waals surface area contributed by atoms with E-state index in [1.54, 1.807) is 11.3 Å². The molecule has 0 radical (unpaired) electrons. The van der Waals surface area contributed by atoms with E-state index in [1.165, 1.54) is 10.5 Å². The van der Waals surface area contributed by atoms with Crippen molar-refractivity contribution >= 4 is 11.3 Å². The molecule has 0 aliphatic rings. The van der Waals surface area contributed by atoms with E-state index in [4.69, 9.17) is 0 Å². The fourth-order valence-electron chi connectivity index (χ4n) is 1.48. The lowest BCUT2D eigenvalue weighted by Gasteiger charge is -2.10. The molecule has 0 aliphatic heterocycles. The number of thiazole rings is 1. The van der Waals surface area contributed by atoms with Gasteiger partial charge >= 0.3 is 0 Å². The molecule has 1 rings (SSSR count). The van der Waals surface area contributed by atoms with Crippen LogP contribution in [0.5, 0.6) is 0 Å². The molecular weight excluding hydrogens is 204 g/mol. The smallest absolute Gasteiger partial charge is 0.0900 e. The van der Waals surface area contributed by atoms with Crippen LogP contribution in [0.2, 0.25) is 0 Å². The van der Waals surface area contributed by atoms with Crippen molar-refractivity contribution in [2.75, 3.05) is 6.54 Å². The minimum atomic E-state index is 0.395. The summed E-state index contributed by atoms with van der Waals surface area (Å²) in [4.78, 5) is 5.79. The standard InChI is InChI=1S/C12H20N2S/c1-8(2)6-7-13-9(3)12-10(4)14-11(5)15-12/h6,9,13H,7H2,1-5H3. The third kappa shape index (κ3) is 3.76. The zero-order chi connectivity index (χ0) is 11.4. The van der Waals surface area contributed by atoms with Gasteiger partial charge in [-0.3, -0.25) is 0 Å². The number of nitrogens with one attached hydrogen (secondary N) is 1. The summed E-state index contributed by atoms with van der Waals surface area (Å²) in [5.41, 5.74) is 2.52. The lowest BCUT2D eigenvalue weighted by molar-refractivity contribution is 0.621. The van der Waals surface area contributed by atoms with Gasteiger partial charge in [0.1, 0.15) is 0 Å². The van der Waals surface area contributed by atoms with Gasteiger partial charge in [0.05, 0.1) is 10.7 Å². The predicted molar refractivity (Wildman–Crippen MR) is 67.4 cm³/mol. The van der Waals surface area contributed by atoms with Crippen LogP contribution in [0.4, 0.5) is 0 Å². The highest BCUT2D eigenvalue weighted by atomic mass is 32.1. The van der Waals surface area contributed by atoms with E-state index in [0.717, 1.165) is 17.2 Å². The number of aryl methyl sites for hydroxylation is 2. The Bertz CT molecular complexity index is 349. The fourth-order valence-corrected chi connectivity index (χ4v) is 2.44. The van der Waals surface area contributed by atoms with E-state index < -0.39 is 0 Å². The second kappa shape index (κ2) is 5.42. The quantitative estimate of drug-likeness (QED) is 0.793. The van der Waals surface area contributed by atoms with Gasteiger partial charge in [-0.2, -0.15) is 0 Å². The van der Waals surface area contributed by atoms with E-state index in [9.17, 15) is 0 Å². The first-order valence-electron chi connectivity index (χ1n) is 5.31. The summed E-state index contributed by atoms with van der Waals surface area (Å²) in [6, 6.07) is 0.395. The van der Waals surface area contributed by atoms with Gasteiger partial charge in [-0.25, -0.2) is 4.98 Å². The van der Waals surface area contributed by atoms with Crippen molar-refractivity contribution in [2.45, 2.75) is 40.7 Å². The van der Waals surface area contributed by atoms with Crippen LogP contribution in [0.15, 0.2) is 11.6 Å². The van der Waals surface area contributed by atoms with Crippen LogP contribution in [-0.2, 0) is 0 Å². The number of nitrogens with zero attached hydrogens (tertiary/aromatic N) is 1. The van der Waals surface area contributed by atoms with Crippen molar-refractivity contribution in [2.24, 2.45) is 0 Å². The average Bonchev–Trinajstić information content (AvgIpc) is 2.44. The number of rotatable bonds is 4. The summed E-state index contributed by atoms with van der Waals surface area (Å²) in [6.07, 6.45) is 2.21. The Labute approximate surface area is 96.4 Å². The normalized spacial score (nSPS) is 12.6. The molecule has 0 aromatic carbocycles. The third-order valence-corrected chi connectivity index (χ3v) is 3.52. The summed E-state index contributed by atoms with van der Waals surface area (Å²) >= 11 is 1.79. The molecule has 1 N–H and O–H groups in total. The highest BCUT2D eigenvalue weighted by Crippen LogP contribution is 2.24. The number of hydrogen-bond acceptors (Lipinski definition) is 3. The van der Waals surface area contributed by atoms with Crippen molar-refractivity contribution in [3.63, 3.8) is 0 Å². The third-order valence-electron chi connectivity index (χ3n) is 2.27. The van der Waals surface area contributed by atoms with Crippen LogP contribution in [0.25, 0.3) is 0 Å². The van der Waals surface area contributed by atoms with E-state index in [-0.39, 0.29) is 0 Å². The van der Waals surface area contributed by atoms with E-state index in [2.05, 4.69) is 51.0 Å². The van der Waals surface area contributed by atoms with Crippen molar-refractivity contribution in [1.82, 2.24) is 10.3 Å². The maximum atomic E-state index is 4.44. The van der Waals surface area contributed by atoms with Crippen molar-refractivity contribution in [3.8, 4) is 0 Å². The molecule has 0 saturated heterocycles. The lowest BCUT2D eigenvalue weighted by Crippen LogP contribution is -2.18. The van der Waals surface area contributed by atoms with Gasteiger partial charge in [0.15, 0.2) is 0 Å². The molecule has 1 heterocycles. The summed E-state index contributed by atoms with van der Waals surface area (Å²) in [6.45, 7) is 11.5. The molecule has 2 nitrogen and oxygen atoms in total. The minimum Gasteiger partial charge on any atom is -0.306 e. The van der Waals surface area contributed by atoms with Gasteiger partial charge in [-0.15, -0.1) is 11.3 Å².